The minimum absolute atomic E-state index is 0.223. The molecule has 1 aromatic carbocycles. The van der Waals surface area contributed by atoms with E-state index in [1.54, 1.807) is 17.9 Å². The van der Waals surface area contributed by atoms with Crippen LogP contribution in [0.15, 0.2) is 24.5 Å². The number of benzene rings is 1. The average molecular weight is 339 g/mol. The third-order valence-corrected chi connectivity index (χ3v) is 4.28. The summed E-state index contributed by atoms with van der Waals surface area (Å²) in [6.07, 6.45) is 1.99. The molecule has 0 bridgehead atoms. The Balaban J connectivity index is 1.99. The van der Waals surface area contributed by atoms with Crippen LogP contribution in [0.3, 0.4) is 0 Å². The Labute approximate surface area is 143 Å². The Hall–Kier alpha value is -3.00. The van der Waals surface area contributed by atoms with Crippen LogP contribution in [0.4, 0.5) is 0 Å². The molecule has 3 heterocycles. The molecule has 0 saturated carbocycles. The molecule has 0 aliphatic carbocycles. The molecular weight excluding hydrogens is 322 g/mol. The Kier molecular flexibility index (Phi) is 3.61. The third kappa shape index (κ3) is 2.33. The van der Waals surface area contributed by atoms with E-state index in [0.717, 1.165) is 22.6 Å². The summed E-state index contributed by atoms with van der Waals surface area (Å²) in [5.41, 5.74) is 4.92. The number of nitrogens with zero attached hydrogens (tertiary/aromatic N) is 5. The smallest absolute Gasteiger partial charge is 0.358 e. The number of aromatic nitrogens is 5. The van der Waals surface area contributed by atoms with Crippen molar-refractivity contribution in [3.8, 4) is 11.4 Å². The lowest BCUT2D eigenvalue weighted by atomic mass is 10.1. The number of rotatable bonds is 3. The van der Waals surface area contributed by atoms with Crippen molar-refractivity contribution < 1.29 is 14.6 Å². The summed E-state index contributed by atoms with van der Waals surface area (Å²) in [5.74, 6) is -0.462. The highest BCUT2D eigenvalue weighted by molar-refractivity contribution is 5.89. The Morgan fingerprint density at radius 3 is 2.92 bits per heavy atom. The van der Waals surface area contributed by atoms with E-state index in [1.807, 2.05) is 29.7 Å². The highest BCUT2D eigenvalue weighted by atomic mass is 16.5. The number of esters is 1. The van der Waals surface area contributed by atoms with Gasteiger partial charge in [0.2, 0.25) is 0 Å². The van der Waals surface area contributed by atoms with Crippen molar-refractivity contribution in [2.75, 3.05) is 6.61 Å². The summed E-state index contributed by atoms with van der Waals surface area (Å²) in [7, 11) is 0. The third-order valence-electron chi connectivity index (χ3n) is 4.28. The number of ether oxygens (including phenoxy) is 1. The number of imidazole rings is 1. The highest BCUT2D eigenvalue weighted by Gasteiger charge is 2.28. The monoisotopic (exact) mass is 339 g/mol. The lowest BCUT2D eigenvalue weighted by molar-refractivity contribution is 0.0519. The van der Waals surface area contributed by atoms with Gasteiger partial charge in [0.25, 0.3) is 0 Å². The fraction of sp³-hybridized carbons (Fsp3) is 0.294. The maximum atomic E-state index is 12.3. The van der Waals surface area contributed by atoms with Gasteiger partial charge < -0.3 is 9.84 Å². The molecule has 0 spiro atoms. The lowest BCUT2D eigenvalue weighted by Gasteiger charge is -2.10. The van der Waals surface area contributed by atoms with E-state index in [-0.39, 0.29) is 18.9 Å². The minimum atomic E-state index is -0.462. The van der Waals surface area contributed by atoms with Crippen LogP contribution < -0.4 is 0 Å². The number of aliphatic hydroxyl groups excluding tert-OH is 1. The zero-order valence-electron chi connectivity index (χ0n) is 13.9. The largest absolute Gasteiger partial charge is 0.461 e. The van der Waals surface area contributed by atoms with Crippen LogP contribution in [-0.2, 0) is 17.8 Å². The molecule has 1 aliphatic heterocycles. The molecule has 0 unspecified atom stereocenters. The molecule has 1 aliphatic rings. The molecule has 8 heteroatoms. The van der Waals surface area contributed by atoms with Crippen LogP contribution in [0.5, 0.6) is 0 Å². The number of carbonyl (C=O) groups excluding carboxylic acids is 1. The predicted molar refractivity (Wildman–Crippen MR) is 87.9 cm³/mol. The SMILES string of the molecule is CCOC(=O)c1ncn2c1Cc1c(CO)nnn1-c1cc(C)ccc1-2. The molecule has 0 atom stereocenters. The second-order valence-corrected chi connectivity index (χ2v) is 5.85. The molecule has 0 radical (unpaired) electrons. The van der Waals surface area contributed by atoms with Gasteiger partial charge in [-0.1, -0.05) is 11.3 Å². The molecule has 1 N–H and O–H groups in total. The van der Waals surface area contributed by atoms with Gasteiger partial charge in [0.05, 0.1) is 36.0 Å². The normalized spacial score (nSPS) is 12.1. The first-order valence-electron chi connectivity index (χ1n) is 8.03. The first-order chi connectivity index (χ1) is 12.1. The summed E-state index contributed by atoms with van der Waals surface area (Å²) in [6, 6.07) is 5.94. The number of hydrogen-bond donors (Lipinski definition) is 1. The van der Waals surface area contributed by atoms with Crippen molar-refractivity contribution in [3.05, 3.63) is 52.9 Å². The molecule has 25 heavy (non-hydrogen) atoms. The van der Waals surface area contributed by atoms with Gasteiger partial charge in [-0.3, -0.25) is 4.57 Å². The Morgan fingerprint density at radius 1 is 1.32 bits per heavy atom. The molecule has 0 saturated heterocycles. The molecule has 2 aromatic heterocycles. The lowest BCUT2D eigenvalue weighted by Crippen LogP contribution is -2.11. The van der Waals surface area contributed by atoms with E-state index in [0.29, 0.717) is 17.8 Å². The van der Waals surface area contributed by atoms with E-state index >= 15 is 0 Å². The Morgan fingerprint density at radius 2 is 2.16 bits per heavy atom. The fourth-order valence-corrected chi connectivity index (χ4v) is 3.11. The van der Waals surface area contributed by atoms with Crippen molar-refractivity contribution in [2.45, 2.75) is 26.9 Å². The van der Waals surface area contributed by atoms with Crippen LogP contribution in [0, 0.1) is 6.92 Å². The van der Waals surface area contributed by atoms with E-state index in [2.05, 4.69) is 15.3 Å². The molecule has 4 rings (SSSR count). The van der Waals surface area contributed by atoms with Gasteiger partial charge in [-0.2, -0.15) is 0 Å². The van der Waals surface area contributed by atoms with E-state index in [4.69, 9.17) is 4.74 Å². The van der Waals surface area contributed by atoms with Gasteiger partial charge in [-0.25, -0.2) is 14.5 Å². The molecule has 3 aromatic rings. The van der Waals surface area contributed by atoms with Gasteiger partial charge in [-0.15, -0.1) is 5.10 Å². The number of carbonyl (C=O) groups is 1. The van der Waals surface area contributed by atoms with Gasteiger partial charge in [0.15, 0.2) is 5.69 Å². The first kappa shape index (κ1) is 15.5. The summed E-state index contributed by atoms with van der Waals surface area (Å²) in [5, 5.41) is 17.9. The van der Waals surface area contributed by atoms with Gasteiger partial charge >= 0.3 is 5.97 Å². The number of aryl methyl sites for hydroxylation is 1. The highest BCUT2D eigenvalue weighted by Crippen LogP contribution is 2.30. The Bertz CT molecular complexity index is 973. The van der Waals surface area contributed by atoms with Crippen molar-refractivity contribution >= 4 is 5.97 Å². The quantitative estimate of drug-likeness (QED) is 0.566. The van der Waals surface area contributed by atoms with Crippen molar-refractivity contribution in [3.63, 3.8) is 0 Å². The van der Waals surface area contributed by atoms with E-state index < -0.39 is 5.97 Å². The predicted octanol–water partition coefficient (Wildman–Crippen LogP) is 1.33. The fourth-order valence-electron chi connectivity index (χ4n) is 3.11. The number of fused-ring (bicyclic) bond motifs is 5. The van der Waals surface area contributed by atoms with Gasteiger partial charge in [0.1, 0.15) is 12.0 Å². The standard InChI is InChI=1S/C17H17N5O3/c1-3-25-17(24)16-15-7-13-11(8-23)19-20-22(13)14-6-10(2)4-5-12(14)21(15)9-18-16/h4-6,9,23H,3,7-8H2,1-2H3. The van der Waals surface area contributed by atoms with Crippen LogP contribution in [0.2, 0.25) is 0 Å². The molecule has 0 fully saturated rings. The second-order valence-electron chi connectivity index (χ2n) is 5.85. The van der Waals surface area contributed by atoms with Gasteiger partial charge in [-0.05, 0) is 31.5 Å². The summed E-state index contributed by atoms with van der Waals surface area (Å²) < 4.78 is 8.71. The van der Waals surface area contributed by atoms with Crippen molar-refractivity contribution in [1.82, 2.24) is 24.5 Å². The second kappa shape index (κ2) is 5.82. The topological polar surface area (TPSA) is 95.1 Å². The van der Waals surface area contributed by atoms with Crippen molar-refractivity contribution in [2.24, 2.45) is 0 Å². The van der Waals surface area contributed by atoms with Crippen LogP contribution in [0.25, 0.3) is 11.4 Å². The molecule has 0 amide bonds. The summed E-state index contributed by atoms with van der Waals surface area (Å²) in [4.78, 5) is 16.5. The van der Waals surface area contributed by atoms with E-state index in [9.17, 15) is 9.90 Å². The van der Waals surface area contributed by atoms with Crippen molar-refractivity contribution in [1.29, 1.82) is 0 Å². The number of hydrogen-bond acceptors (Lipinski definition) is 6. The summed E-state index contributed by atoms with van der Waals surface area (Å²) in [6.45, 7) is 3.81. The molecule has 8 nitrogen and oxygen atoms in total. The maximum absolute atomic E-state index is 12.3. The van der Waals surface area contributed by atoms with Gasteiger partial charge in [0, 0.05) is 6.42 Å². The zero-order valence-corrected chi connectivity index (χ0v) is 13.9. The van der Waals surface area contributed by atoms with Crippen LogP contribution >= 0.6 is 0 Å². The molecule has 128 valence electrons. The van der Waals surface area contributed by atoms with Crippen LogP contribution in [0.1, 0.15) is 40.1 Å². The van der Waals surface area contributed by atoms with Crippen LogP contribution in [-0.4, -0.2) is 42.2 Å². The first-order valence-corrected chi connectivity index (χ1v) is 8.03. The average Bonchev–Trinajstić information content (AvgIpc) is 3.17. The van der Waals surface area contributed by atoms with E-state index in [1.165, 1.54) is 0 Å². The summed E-state index contributed by atoms with van der Waals surface area (Å²) >= 11 is 0. The zero-order chi connectivity index (χ0) is 17.6. The molecular formula is C17H17N5O3. The maximum Gasteiger partial charge on any atom is 0.358 e. The minimum Gasteiger partial charge on any atom is -0.461 e. The number of aliphatic hydroxyl groups is 1.